The van der Waals surface area contributed by atoms with Crippen molar-refractivity contribution in [2.24, 2.45) is 0 Å². The molecule has 0 N–H and O–H groups in total. The smallest absolute Gasteiger partial charge is 0.158 e. The van der Waals surface area contributed by atoms with E-state index in [2.05, 4.69) is 29.8 Å². The third-order valence-electron chi connectivity index (χ3n) is 0.983. The lowest BCUT2D eigenvalue weighted by Crippen LogP contribution is -1.76. The molecule has 0 fully saturated rings. The van der Waals surface area contributed by atoms with Gasteiger partial charge >= 0.3 is 0 Å². The van der Waals surface area contributed by atoms with Crippen molar-refractivity contribution in [1.82, 2.24) is 20.7 Å². The number of rotatable bonds is 1. The van der Waals surface area contributed by atoms with Crippen molar-refractivity contribution in [2.75, 3.05) is 0 Å². The minimum atomic E-state index is 0.515. The average molecular weight is 138 g/mol. The van der Waals surface area contributed by atoms with Crippen LogP contribution in [-0.2, 0) is 0 Å². The second kappa shape index (κ2) is 1.90. The van der Waals surface area contributed by atoms with Gasteiger partial charge in [0.1, 0.15) is 0 Å². The molecule has 6 nitrogen and oxygen atoms in total. The molecule has 0 saturated carbocycles. The molecule has 0 aliphatic carbocycles. The lowest BCUT2D eigenvalue weighted by atomic mass is 10.4. The van der Waals surface area contributed by atoms with Crippen LogP contribution in [0.2, 0.25) is 0 Å². The van der Waals surface area contributed by atoms with Crippen LogP contribution in [0.1, 0.15) is 0 Å². The maximum Gasteiger partial charge on any atom is 0.158 e. The molecule has 0 aliphatic rings. The van der Waals surface area contributed by atoms with E-state index in [1.807, 2.05) is 0 Å². The molecule has 0 spiro atoms. The quantitative estimate of drug-likeness (QED) is 0.556. The van der Waals surface area contributed by atoms with Gasteiger partial charge in [0.15, 0.2) is 23.9 Å². The first-order valence-corrected chi connectivity index (χ1v) is 2.51. The number of aromatic nitrogens is 4. The highest BCUT2D eigenvalue weighted by atomic mass is 16.5. The van der Waals surface area contributed by atoms with Crippen LogP contribution in [0, 0.1) is 0 Å². The summed E-state index contributed by atoms with van der Waals surface area (Å²) in [4.78, 5) is 0. The zero-order chi connectivity index (χ0) is 6.81. The lowest BCUT2D eigenvalue weighted by Gasteiger charge is -1.74. The predicted molar refractivity (Wildman–Crippen MR) is 27.6 cm³/mol. The maximum atomic E-state index is 4.47. The molecule has 0 unspecified atom stereocenters. The third kappa shape index (κ3) is 0.661. The van der Waals surface area contributed by atoms with Crippen molar-refractivity contribution in [2.45, 2.75) is 0 Å². The van der Waals surface area contributed by atoms with E-state index in [0.29, 0.717) is 11.4 Å². The Morgan fingerprint density at radius 3 is 1.70 bits per heavy atom. The fourth-order valence-electron chi connectivity index (χ4n) is 0.552. The van der Waals surface area contributed by atoms with E-state index in [4.69, 9.17) is 0 Å². The molecule has 10 heavy (non-hydrogen) atoms. The highest BCUT2D eigenvalue weighted by Crippen LogP contribution is 2.09. The summed E-state index contributed by atoms with van der Waals surface area (Å²) in [7, 11) is 0. The summed E-state index contributed by atoms with van der Waals surface area (Å²) in [6.45, 7) is 0. The first kappa shape index (κ1) is 5.10. The minimum absolute atomic E-state index is 0.515. The van der Waals surface area contributed by atoms with Crippen molar-refractivity contribution < 1.29 is 9.05 Å². The zero-order valence-corrected chi connectivity index (χ0v) is 4.76. The van der Waals surface area contributed by atoms with Crippen LogP contribution in [0.4, 0.5) is 0 Å². The van der Waals surface area contributed by atoms with Crippen LogP contribution in [0.5, 0.6) is 0 Å². The van der Waals surface area contributed by atoms with Crippen molar-refractivity contribution >= 4 is 0 Å². The van der Waals surface area contributed by atoms with Gasteiger partial charge < -0.3 is 9.05 Å². The highest BCUT2D eigenvalue weighted by molar-refractivity contribution is 5.47. The molecule has 2 rings (SSSR count). The minimum Gasteiger partial charge on any atom is -0.345 e. The Bertz CT molecular complexity index is 255. The van der Waals surface area contributed by atoms with Gasteiger partial charge in [-0.2, -0.15) is 0 Å². The molecular formula is C4H2N4O2. The summed E-state index contributed by atoms with van der Waals surface area (Å²) in [5.41, 5.74) is 1.03. The van der Waals surface area contributed by atoms with Gasteiger partial charge in [-0.3, -0.25) is 0 Å². The van der Waals surface area contributed by atoms with Crippen molar-refractivity contribution in [1.29, 1.82) is 0 Å². The molecule has 0 bridgehead atoms. The second-order valence-corrected chi connectivity index (χ2v) is 1.58. The van der Waals surface area contributed by atoms with Crippen molar-refractivity contribution in [3.8, 4) is 11.4 Å². The molecule has 0 amide bonds. The van der Waals surface area contributed by atoms with Crippen LogP contribution in [0.25, 0.3) is 11.4 Å². The maximum absolute atomic E-state index is 4.47. The summed E-state index contributed by atoms with van der Waals surface area (Å²) < 4.78 is 8.94. The SMILES string of the molecule is c1onnc1-c1conn1. The molecule has 0 aliphatic heterocycles. The van der Waals surface area contributed by atoms with Gasteiger partial charge in [0.05, 0.1) is 0 Å². The van der Waals surface area contributed by atoms with Crippen LogP contribution < -0.4 is 0 Å². The van der Waals surface area contributed by atoms with E-state index in [1.54, 1.807) is 0 Å². The Hall–Kier alpha value is -1.72. The fourth-order valence-corrected chi connectivity index (χ4v) is 0.552. The lowest BCUT2D eigenvalue weighted by molar-refractivity contribution is 0.392. The van der Waals surface area contributed by atoms with Crippen LogP contribution in [0.15, 0.2) is 21.6 Å². The van der Waals surface area contributed by atoms with Gasteiger partial charge in [0.25, 0.3) is 0 Å². The summed E-state index contributed by atoms with van der Waals surface area (Å²) in [6, 6.07) is 0. The Labute approximate surface area is 54.8 Å². The monoisotopic (exact) mass is 138 g/mol. The largest absolute Gasteiger partial charge is 0.345 e. The topological polar surface area (TPSA) is 77.8 Å². The standard InChI is InChI=1S/C4H2N4O2/c1-3(5-7-9-1)4-2-10-8-6-4/h1-2H. The van der Waals surface area contributed by atoms with Gasteiger partial charge in [-0.25, -0.2) is 0 Å². The third-order valence-corrected chi connectivity index (χ3v) is 0.983. The first-order valence-electron chi connectivity index (χ1n) is 2.51. The number of nitrogens with zero attached hydrogens (tertiary/aromatic N) is 4. The van der Waals surface area contributed by atoms with E-state index in [-0.39, 0.29) is 0 Å². The number of hydrogen-bond donors (Lipinski definition) is 0. The zero-order valence-electron chi connectivity index (χ0n) is 4.76. The van der Waals surface area contributed by atoms with E-state index in [1.165, 1.54) is 12.5 Å². The Morgan fingerprint density at radius 1 is 0.900 bits per heavy atom. The summed E-state index contributed by atoms with van der Waals surface area (Å²) >= 11 is 0. The summed E-state index contributed by atoms with van der Waals surface area (Å²) in [5, 5.41) is 13.6. The van der Waals surface area contributed by atoms with E-state index in [0.717, 1.165) is 0 Å². The molecular weight excluding hydrogens is 136 g/mol. The van der Waals surface area contributed by atoms with E-state index >= 15 is 0 Å². The molecule has 6 heteroatoms. The Morgan fingerprint density at radius 2 is 1.40 bits per heavy atom. The Kier molecular flexibility index (Phi) is 0.970. The molecule has 0 saturated heterocycles. The molecule has 2 heterocycles. The fraction of sp³-hybridized carbons (Fsp3) is 0. The van der Waals surface area contributed by atoms with E-state index in [9.17, 15) is 0 Å². The van der Waals surface area contributed by atoms with Gasteiger partial charge in [0, 0.05) is 10.5 Å². The second-order valence-electron chi connectivity index (χ2n) is 1.58. The van der Waals surface area contributed by atoms with Gasteiger partial charge in [-0.05, 0) is 0 Å². The van der Waals surface area contributed by atoms with Crippen LogP contribution in [0.3, 0.4) is 0 Å². The normalized spacial score (nSPS) is 10.0. The molecule has 2 aromatic heterocycles. The van der Waals surface area contributed by atoms with Crippen LogP contribution >= 0.6 is 0 Å². The van der Waals surface area contributed by atoms with E-state index < -0.39 is 0 Å². The number of hydrogen-bond acceptors (Lipinski definition) is 6. The molecule has 50 valence electrons. The molecule has 0 radical (unpaired) electrons. The van der Waals surface area contributed by atoms with Crippen molar-refractivity contribution in [3.05, 3.63) is 12.5 Å². The average Bonchev–Trinajstić information content (AvgIpc) is 2.59. The van der Waals surface area contributed by atoms with Crippen LogP contribution in [-0.4, -0.2) is 20.7 Å². The molecule has 0 atom stereocenters. The molecule has 0 aromatic carbocycles. The summed E-state index contributed by atoms with van der Waals surface area (Å²) in [5.74, 6) is 0. The van der Waals surface area contributed by atoms with Crippen molar-refractivity contribution in [3.63, 3.8) is 0 Å². The highest BCUT2D eigenvalue weighted by Gasteiger charge is 2.04. The Balaban J connectivity index is 2.48. The van der Waals surface area contributed by atoms with Gasteiger partial charge in [-0.1, -0.05) is 0 Å². The van der Waals surface area contributed by atoms with Gasteiger partial charge in [0.2, 0.25) is 0 Å². The van der Waals surface area contributed by atoms with Gasteiger partial charge in [-0.15, -0.1) is 10.2 Å². The first-order chi connectivity index (χ1) is 4.97. The predicted octanol–water partition coefficient (Wildman–Crippen LogP) is 0.120. The summed E-state index contributed by atoms with van der Waals surface area (Å²) in [6.07, 6.45) is 2.72. The molecule has 2 aromatic rings.